The standard InChI is InChI=1S/C23H36O7.Ac/c1-11-6-14-21(5,15(25)7-16-23(14,29)10-30-16)19(27)18(26)17-12(2)13(24)9-22(28,8-11)20(17,3)4;/h11,13-16,18,24-26,28-29H,6-10H2,1-5H3;. The van der Waals surface area contributed by atoms with Gasteiger partial charge in [-0.3, -0.25) is 4.79 Å². The SMILES string of the molecule is CC1=C2C(O)C(=O)C3(C)C(O)CC4OCC4(O)C3CC(C)CC(O)(CC1O)C2(C)C.[Ac]. The number of aliphatic hydroxyl groups excluding tert-OH is 3. The Morgan fingerprint density at radius 1 is 1.03 bits per heavy atom. The van der Waals surface area contributed by atoms with Gasteiger partial charge in [0.25, 0.3) is 0 Å². The maximum absolute atomic E-state index is 13.8. The molecular formula is C23H36AcO7. The van der Waals surface area contributed by atoms with E-state index in [0.717, 1.165) is 0 Å². The zero-order chi connectivity index (χ0) is 22.4. The van der Waals surface area contributed by atoms with Gasteiger partial charge >= 0.3 is 0 Å². The third kappa shape index (κ3) is 3.42. The van der Waals surface area contributed by atoms with Gasteiger partial charge in [0.15, 0.2) is 5.78 Å². The van der Waals surface area contributed by atoms with Gasteiger partial charge in [-0.25, -0.2) is 0 Å². The van der Waals surface area contributed by atoms with Crippen LogP contribution in [0.15, 0.2) is 11.1 Å². The molecule has 3 aliphatic carbocycles. The van der Waals surface area contributed by atoms with E-state index in [1.54, 1.807) is 13.8 Å². The number of ether oxygens (including phenoxy) is 1. The van der Waals surface area contributed by atoms with Crippen LogP contribution in [-0.4, -0.2) is 73.5 Å². The number of Topliss-reactive ketones (excluding diaryl/α,β-unsaturated/α-hetero) is 1. The number of aliphatic hydroxyl groups is 5. The van der Waals surface area contributed by atoms with Crippen molar-refractivity contribution in [3.8, 4) is 0 Å². The number of rotatable bonds is 0. The van der Waals surface area contributed by atoms with Crippen molar-refractivity contribution in [1.82, 2.24) is 0 Å². The van der Waals surface area contributed by atoms with Crippen molar-refractivity contribution in [2.45, 2.75) is 95.9 Å². The monoisotopic (exact) mass is 651 g/mol. The van der Waals surface area contributed by atoms with Crippen molar-refractivity contribution in [3.63, 3.8) is 0 Å². The summed E-state index contributed by atoms with van der Waals surface area (Å²) in [5.41, 5.74) is -4.05. The van der Waals surface area contributed by atoms with Gasteiger partial charge in [-0.05, 0) is 43.8 Å². The van der Waals surface area contributed by atoms with Crippen molar-refractivity contribution < 1.29 is 79.1 Å². The van der Waals surface area contributed by atoms with Crippen LogP contribution < -0.4 is 0 Å². The van der Waals surface area contributed by atoms with Gasteiger partial charge in [0.05, 0.1) is 35.9 Å². The Morgan fingerprint density at radius 2 is 1.65 bits per heavy atom. The molecule has 0 aromatic carbocycles. The first-order valence-corrected chi connectivity index (χ1v) is 11.1. The van der Waals surface area contributed by atoms with Crippen molar-refractivity contribution in [3.05, 3.63) is 11.1 Å². The van der Waals surface area contributed by atoms with E-state index in [4.69, 9.17) is 4.74 Å². The first-order valence-electron chi connectivity index (χ1n) is 11.1. The summed E-state index contributed by atoms with van der Waals surface area (Å²) in [7, 11) is 0. The summed E-state index contributed by atoms with van der Waals surface area (Å²) in [6, 6.07) is 0. The molecule has 1 radical (unpaired) electrons. The van der Waals surface area contributed by atoms with Gasteiger partial charge in [-0.2, -0.15) is 0 Å². The first kappa shape index (κ1) is 26.2. The molecule has 1 saturated heterocycles. The van der Waals surface area contributed by atoms with Crippen LogP contribution in [0.2, 0.25) is 0 Å². The Hall–Kier alpha value is 0.612. The van der Waals surface area contributed by atoms with Crippen molar-refractivity contribution >= 4 is 5.78 Å². The predicted octanol–water partition coefficient (Wildman–Crippen LogP) is 0.702. The quantitative estimate of drug-likeness (QED) is 0.244. The van der Waals surface area contributed by atoms with Crippen molar-refractivity contribution in [1.29, 1.82) is 0 Å². The van der Waals surface area contributed by atoms with Gasteiger partial charge in [0.2, 0.25) is 0 Å². The fourth-order valence-corrected chi connectivity index (χ4v) is 6.99. The van der Waals surface area contributed by atoms with E-state index in [2.05, 4.69) is 0 Å². The van der Waals surface area contributed by atoms with E-state index < -0.39 is 58.1 Å². The van der Waals surface area contributed by atoms with Gasteiger partial charge in [-0.15, -0.1) is 0 Å². The maximum atomic E-state index is 13.8. The summed E-state index contributed by atoms with van der Waals surface area (Å²) in [5, 5.41) is 56.1. The summed E-state index contributed by atoms with van der Waals surface area (Å²) in [6.07, 6.45) is -3.15. The third-order valence-electron chi connectivity index (χ3n) is 9.20. The molecule has 5 N–H and O–H groups in total. The summed E-state index contributed by atoms with van der Waals surface area (Å²) >= 11 is 0. The van der Waals surface area contributed by atoms with E-state index in [9.17, 15) is 30.3 Å². The maximum Gasteiger partial charge on any atom is 0.174 e. The normalized spacial score (nSPS) is 51.7. The molecule has 0 spiro atoms. The number of fused-ring (bicyclic) bond motifs is 5. The molecule has 4 aliphatic rings. The van der Waals surface area contributed by atoms with Crippen LogP contribution in [0.5, 0.6) is 0 Å². The van der Waals surface area contributed by atoms with Crippen LogP contribution in [0, 0.1) is 66.7 Å². The fourth-order valence-electron chi connectivity index (χ4n) is 6.99. The summed E-state index contributed by atoms with van der Waals surface area (Å²) < 4.78 is 5.51. The molecule has 1 heterocycles. The fraction of sp³-hybridized carbons (Fsp3) is 0.870. The van der Waals surface area contributed by atoms with Gasteiger partial charge in [0, 0.05) is 68.2 Å². The second-order valence-corrected chi connectivity index (χ2v) is 11.2. The van der Waals surface area contributed by atoms with E-state index >= 15 is 0 Å². The molecule has 31 heavy (non-hydrogen) atoms. The van der Waals surface area contributed by atoms with Gasteiger partial charge < -0.3 is 30.3 Å². The number of carbonyl (C=O) groups excluding carboxylic acids is 1. The van der Waals surface area contributed by atoms with Crippen LogP contribution in [0.25, 0.3) is 0 Å². The third-order valence-corrected chi connectivity index (χ3v) is 9.20. The molecule has 7 nitrogen and oxygen atoms in total. The minimum atomic E-state index is -1.59. The Kier molecular flexibility index (Phi) is 6.84. The summed E-state index contributed by atoms with van der Waals surface area (Å²) in [4.78, 5) is 13.8. The topological polar surface area (TPSA) is 127 Å². The van der Waals surface area contributed by atoms with E-state index in [0.29, 0.717) is 24.0 Å². The molecule has 1 aliphatic heterocycles. The molecule has 2 bridgehead atoms. The molecule has 0 aromatic rings. The van der Waals surface area contributed by atoms with Crippen molar-refractivity contribution in [2.75, 3.05) is 6.61 Å². The van der Waals surface area contributed by atoms with Crippen molar-refractivity contribution in [2.24, 2.45) is 22.7 Å². The minimum Gasteiger partial charge on any atom is -0.392 e. The largest absolute Gasteiger partial charge is 0.392 e. The molecule has 173 valence electrons. The molecule has 9 unspecified atom stereocenters. The predicted molar refractivity (Wildman–Crippen MR) is 108 cm³/mol. The number of carbonyl (C=O) groups is 1. The molecule has 8 heteroatoms. The number of ketones is 1. The minimum absolute atomic E-state index is 0. The molecule has 9 atom stereocenters. The van der Waals surface area contributed by atoms with Crippen LogP contribution in [0.3, 0.4) is 0 Å². The number of hydrogen-bond acceptors (Lipinski definition) is 7. The Labute approximate surface area is 219 Å². The Bertz CT molecular complexity index is 797. The smallest absolute Gasteiger partial charge is 0.174 e. The average molecular weight is 652 g/mol. The molecular weight excluding hydrogens is 615 g/mol. The van der Waals surface area contributed by atoms with Crippen LogP contribution in [0.4, 0.5) is 0 Å². The second-order valence-electron chi connectivity index (χ2n) is 11.2. The Morgan fingerprint density at radius 3 is 2.19 bits per heavy atom. The Balaban J connectivity index is 0.00000272. The second kappa shape index (κ2) is 8.09. The average Bonchev–Trinajstić information content (AvgIpc) is 2.64. The van der Waals surface area contributed by atoms with E-state index in [1.807, 2.05) is 20.8 Å². The van der Waals surface area contributed by atoms with E-state index in [1.165, 1.54) is 0 Å². The zero-order valence-corrected chi connectivity index (χ0v) is 23.9. The molecule has 3 fully saturated rings. The zero-order valence-electron chi connectivity index (χ0n) is 19.1. The first-order chi connectivity index (χ1) is 13.7. The molecule has 0 amide bonds. The molecule has 0 aromatic heterocycles. The summed E-state index contributed by atoms with van der Waals surface area (Å²) in [5.74, 6) is -1.27. The number of hydrogen-bond donors (Lipinski definition) is 5. The van der Waals surface area contributed by atoms with Crippen LogP contribution in [0.1, 0.15) is 60.3 Å². The molecule has 2 saturated carbocycles. The van der Waals surface area contributed by atoms with E-state index in [-0.39, 0.29) is 69.4 Å². The molecule has 4 rings (SSSR count). The van der Waals surface area contributed by atoms with Gasteiger partial charge in [0.1, 0.15) is 11.7 Å². The van der Waals surface area contributed by atoms with Crippen LogP contribution >= 0.6 is 0 Å². The summed E-state index contributed by atoms with van der Waals surface area (Å²) in [6.45, 7) is 9.01. The van der Waals surface area contributed by atoms with Crippen LogP contribution in [-0.2, 0) is 9.53 Å². The van der Waals surface area contributed by atoms with Gasteiger partial charge in [-0.1, -0.05) is 20.8 Å².